The molecule has 2 nitrogen and oxygen atoms in total. The molecule has 1 aromatic carbocycles. The van der Waals surface area contributed by atoms with Gasteiger partial charge in [-0.15, -0.1) is 11.8 Å². The lowest BCUT2D eigenvalue weighted by Crippen LogP contribution is -2.38. The summed E-state index contributed by atoms with van der Waals surface area (Å²) in [6, 6.07) is 11.2. The monoisotopic (exact) mass is 293 g/mol. The Kier molecular flexibility index (Phi) is 6.91. The highest BCUT2D eigenvalue weighted by molar-refractivity contribution is 7.99. The lowest BCUT2D eigenvalue weighted by atomic mass is 10.0. The summed E-state index contributed by atoms with van der Waals surface area (Å²) in [4.78, 5) is 3.96. The molecule has 20 heavy (non-hydrogen) atoms. The smallest absolute Gasteiger partial charge is 0.0527 e. The second-order valence-electron chi connectivity index (χ2n) is 5.79. The maximum Gasteiger partial charge on any atom is 0.0527 e. The molecule has 1 aliphatic heterocycles. The van der Waals surface area contributed by atoms with Gasteiger partial charge in [-0.05, 0) is 44.9 Å². The third-order valence-electron chi connectivity index (χ3n) is 4.00. The normalized spacial score (nSPS) is 22.4. The summed E-state index contributed by atoms with van der Waals surface area (Å²) < 4.78 is 0. The summed E-state index contributed by atoms with van der Waals surface area (Å²) in [5.74, 6) is 1.14. The van der Waals surface area contributed by atoms with Gasteiger partial charge in [0.15, 0.2) is 0 Å². The van der Waals surface area contributed by atoms with Gasteiger partial charge in [0.1, 0.15) is 0 Å². The predicted molar refractivity (Wildman–Crippen MR) is 87.3 cm³/mol. The molecule has 1 saturated heterocycles. The first-order valence-electron chi connectivity index (χ1n) is 7.85. The number of thioether (sulfide) groups is 1. The predicted octanol–water partition coefficient (Wildman–Crippen LogP) is 3.79. The Morgan fingerprint density at radius 2 is 2.05 bits per heavy atom. The van der Waals surface area contributed by atoms with Crippen LogP contribution in [0.15, 0.2) is 35.2 Å². The van der Waals surface area contributed by atoms with E-state index >= 15 is 0 Å². The lowest BCUT2D eigenvalue weighted by Gasteiger charge is -2.30. The van der Waals surface area contributed by atoms with E-state index < -0.39 is 0 Å². The van der Waals surface area contributed by atoms with E-state index in [4.69, 9.17) is 0 Å². The molecular formula is C17H27NOS. The number of nitrogens with zero attached hydrogens (tertiary/aromatic N) is 1. The van der Waals surface area contributed by atoms with Crippen LogP contribution in [0.1, 0.15) is 39.0 Å². The number of hydrogen-bond acceptors (Lipinski definition) is 3. The molecule has 1 fully saturated rings. The van der Waals surface area contributed by atoms with E-state index in [0.29, 0.717) is 6.04 Å². The standard InChI is InChI=1S/C17H27NOS/c1-15(19)14-16-8-4-3-7-11-18(16)12-13-20-17-9-5-2-6-10-17/h2,5-6,9-10,15-16,19H,3-4,7-8,11-14H2,1H3. The van der Waals surface area contributed by atoms with Gasteiger partial charge in [-0.25, -0.2) is 0 Å². The number of likely N-dealkylation sites (tertiary alicyclic amines) is 1. The third kappa shape index (κ3) is 5.47. The summed E-state index contributed by atoms with van der Waals surface area (Å²) in [6.45, 7) is 4.26. The molecule has 0 amide bonds. The van der Waals surface area contributed by atoms with Crippen LogP contribution in [0.25, 0.3) is 0 Å². The zero-order valence-corrected chi connectivity index (χ0v) is 13.3. The van der Waals surface area contributed by atoms with E-state index in [1.807, 2.05) is 18.7 Å². The average Bonchev–Trinajstić information content (AvgIpc) is 2.65. The molecule has 2 unspecified atom stereocenters. The fourth-order valence-corrected chi connectivity index (χ4v) is 3.90. The molecule has 0 bridgehead atoms. The molecule has 112 valence electrons. The Balaban J connectivity index is 1.81. The van der Waals surface area contributed by atoms with Gasteiger partial charge < -0.3 is 5.11 Å². The Labute approximate surface area is 127 Å². The van der Waals surface area contributed by atoms with E-state index in [1.165, 1.54) is 37.1 Å². The Morgan fingerprint density at radius 3 is 2.80 bits per heavy atom. The van der Waals surface area contributed by atoms with Crippen LogP contribution in [0.5, 0.6) is 0 Å². The van der Waals surface area contributed by atoms with Crippen LogP contribution in [0.4, 0.5) is 0 Å². The van der Waals surface area contributed by atoms with Gasteiger partial charge >= 0.3 is 0 Å². The van der Waals surface area contributed by atoms with Gasteiger partial charge in [-0.3, -0.25) is 4.90 Å². The zero-order valence-electron chi connectivity index (χ0n) is 12.5. The molecule has 2 atom stereocenters. The van der Waals surface area contributed by atoms with Gasteiger partial charge in [0.05, 0.1) is 6.10 Å². The minimum atomic E-state index is -0.178. The maximum absolute atomic E-state index is 9.69. The Morgan fingerprint density at radius 1 is 1.25 bits per heavy atom. The largest absolute Gasteiger partial charge is 0.393 e. The molecule has 1 aromatic rings. The van der Waals surface area contributed by atoms with Crippen molar-refractivity contribution >= 4 is 11.8 Å². The highest BCUT2D eigenvalue weighted by atomic mass is 32.2. The minimum absolute atomic E-state index is 0.178. The molecule has 0 aromatic heterocycles. The van der Waals surface area contributed by atoms with Gasteiger partial charge in [0.2, 0.25) is 0 Å². The highest BCUT2D eigenvalue weighted by Gasteiger charge is 2.21. The molecule has 2 rings (SSSR count). The average molecular weight is 293 g/mol. The summed E-state index contributed by atoms with van der Waals surface area (Å²) in [5.41, 5.74) is 0. The van der Waals surface area contributed by atoms with Crippen molar-refractivity contribution in [3.05, 3.63) is 30.3 Å². The SMILES string of the molecule is CC(O)CC1CCCCCN1CCSc1ccccc1. The van der Waals surface area contributed by atoms with Crippen molar-refractivity contribution in [2.24, 2.45) is 0 Å². The quantitative estimate of drug-likeness (QED) is 0.807. The topological polar surface area (TPSA) is 23.5 Å². The second kappa shape index (κ2) is 8.71. The van der Waals surface area contributed by atoms with E-state index in [1.54, 1.807) is 0 Å². The molecule has 0 saturated carbocycles. The lowest BCUT2D eigenvalue weighted by molar-refractivity contribution is 0.116. The minimum Gasteiger partial charge on any atom is -0.393 e. The fraction of sp³-hybridized carbons (Fsp3) is 0.647. The van der Waals surface area contributed by atoms with Crippen molar-refractivity contribution in [1.82, 2.24) is 4.90 Å². The van der Waals surface area contributed by atoms with Crippen LogP contribution < -0.4 is 0 Å². The van der Waals surface area contributed by atoms with Crippen molar-refractivity contribution in [3.8, 4) is 0 Å². The maximum atomic E-state index is 9.69. The molecule has 0 aliphatic carbocycles. The van der Waals surface area contributed by atoms with E-state index in [0.717, 1.165) is 18.7 Å². The van der Waals surface area contributed by atoms with E-state index in [-0.39, 0.29) is 6.10 Å². The van der Waals surface area contributed by atoms with Crippen LogP contribution in [0.3, 0.4) is 0 Å². The zero-order chi connectivity index (χ0) is 14.2. The molecule has 1 N–H and O–H groups in total. The number of rotatable bonds is 6. The number of aliphatic hydroxyl groups is 1. The van der Waals surface area contributed by atoms with Gasteiger partial charge in [-0.2, -0.15) is 0 Å². The van der Waals surface area contributed by atoms with Crippen LogP contribution in [0, 0.1) is 0 Å². The van der Waals surface area contributed by atoms with Gasteiger partial charge in [0, 0.05) is 23.2 Å². The molecular weight excluding hydrogens is 266 g/mol. The van der Waals surface area contributed by atoms with Crippen LogP contribution >= 0.6 is 11.8 Å². The first kappa shape index (κ1) is 15.9. The summed E-state index contributed by atoms with van der Waals surface area (Å²) in [6.07, 6.45) is 5.98. The van der Waals surface area contributed by atoms with Crippen molar-refractivity contribution in [1.29, 1.82) is 0 Å². The molecule has 1 aliphatic rings. The number of aliphatic hydroxyl groups excluding tert-OH is 1. The Hall–Kier alpha value is -0.510. The van der Waals surface area contributed by atoms with E-state index in [2.05, 4.69) is 35.2 Å². The molecule has 1 heterocycles. The Bertz CT molecular complexity index is 369. The first-order valence-corrected chi connectivity index (χ1v) is 8.84. The van der Waals surface area contributed by atoms with Gasteiger partial charge in [0.25, 0.3) is 0 Å². The highest BCUT2D eigenvalue weighted by Crippen LogP contribution is 2.22. The summed E-state index contributed by atoms with van der Waals surface area (Å²) in [7, 11) is 0. The van der Waals surface area contributed by atoms with Crippen molar-refractivity contribution < 1.29 is 5.11 Å². The van der Waals surface area contributed by atoms with E-state index in [9.17, 15) is 5.11 Å². The van der Waals surface area contributed by atoms with Crippen LogP contribution in [-0.4, -0.2) is 41.0 Å². The third-order valence-corrected chi connectivity index (χ3v) is 4.99. The second-order valence-corrected chi connectivity index (χ2v) is 6.95. The van der Waals surface area contributed by atoms with Gasteiger partial charge in [-0.1, -0.05) is 31.0 Å². The molecule has 0 spiro atoms. The molecule has 3 heteroatoms. The fourth-order valence-electron chi connectivity index (χ4n) is 2.99. The van der Waals surface area contributed by atoms with Crippen LogP contribution in [-0.2, 0) is 0 Å². The van der Waals surface area contributed by atoms with Crippen molar-refractivity contribution in [2.45, 2.75) is 56.1 Å². The van der Waals surface area contributed by atoms with Crippen molar-refractivity contribution in [3.63, 3.8) is 0 Å². The molecule has 0 radical (unpaired) electrons. The summed E-state index contributed by atoms with van der Waals surface area (Å²) in [5, 5.41) is 9.69. The van der Waals surface area contributed by atoms with Crippen LogP contribution in [0.2, 0.25) is 0 Å². The first-order chi connectivity index (χ1) is 9.75. The summed E-state index contributed by atoms with van der Waals surface area (Å²) >= 11 is 1.94. The number of benzene rings is 1. The van der Waals surface area contributed by atoms with Crippen molar-refractivity contribution in [2.75, 3.05) is 18.8 Å². The number of hydrogen-bond donors (Lipinski definition) is 1.